The molecule has 2 aromatic rings. The van der Waals surface area contributed by atoms with Crippen LogP contribution >= 0.6 is 0 Å². The molecule has 0 radical (unpaired) electrons. The molecule has 106 valence electrons. The number of fused-ring (bicyclic) bond motifs is 2. The number of para-hydroxylation sites is 1. The lowest BCUT2D eigenvalue weighted by Gasteiger charge is -2.24. The molecule has 22 heavy (non-hydrogen) atoms. The van der Waals surface area contributed by atoms with E-state index in [1.165, 1.54) is 5.06 Å². The first kappa shape index (κ1) is 12.8. The summed E-state index contributed by atoms with van der Waals surface area (Å²) in [7, 11) is 0. The molecule has 1 heterocycles. The predicted molar refractivity (Wildman–Crippen MR) is 89.0 cm³/mol. The molecule has 0 amide bonds. The molecule has 4 rings (SSSR count). The van der Waals surface area contributed by atoms with Gasteiger partial charge in [-0.2, -0.15) is 0 Å². The van der Waals surface area contributed by atoms with Gasteiger partial charge in [-0.05, 0) is 29.5 Å². The molecule has 0 unspecified atom stereocenters. The van der Waals surface area contributed by atoms with Gasteiger partial charge in [-0.3, -0.25) is 5.21 Å². The van der Waals surface area contributed by atoms with E-state index in [1.807, 2.05) is 60.7 Å². The minimum absolute atomic E-state index is 0.479. The van der Waals surface area contributed by atoms with Gasteiger partial charge in [-0.25, -0.2) is 5.06 Å². The van der Waals surface area contributed by atoms with Crippen LogP contribution in [0.3, 0.4) is 0 Å². The molecule has 0 spiro atoms. The zero-order valence-corrected chi connectivity index (χ0v) is 11.8. The van der Waals surface area contributed by atoms with E-state index in [2.05, 4.69) is 6.08 Å². The van der Waals surface area contributed by atoms with Gasteiger partial charge in [0, 0.05) is 16.4 Å². The molecule has 0 aromatic heterocycles. The summed E-state index contributed by atoms with van der Waals surface area (Å²) in [6, 6.07) is 13.5. The zero-order valence-electron chi connectivity index (χ0n) is 11.8. The molecule has 2 aromatic carbocycles. The molecule has 3 heteroatoms. The third kappa shape index (κ3) is 1.84. The van der Waals surface area contributed by atoms with Crippen LogP contribution in [-0.2, 0) is 0 Å². The summed E-state index contributed by atoms with van der Waals surface area (Å²) >= 11 is 0. The van der Waals surface area contributed by atoms with Crippen LogP contribution in [0.4, 0.5) is 11.4 Å². The number of anilines is 2. The van der Waals surface area contributed by atoms with E-state index in [0.717, 1.165) is 32.9 Å². The summed E-state index contributed by atoms with van der Waals surface area (Å²) in [5, 5.41) is 21.8. The Bertz CT molecular complexity index is 967. The first-order valence-corrected chi connectivity index (χ1v) is 7.12. The number of nitrogens with zero attached hydrogens (tertiary/aromatic N) is 1. The van der Waals surface area contributed by atoms with Gasteiger partial charge in [0.25, 0.3) is 0 Å². The lowest BCUT2D eigenvalue weighted by molar-refractivity contribution is 0.299. The Morgan fingerprint density at radius 2 is 1.64 bits per heavy atom. The molecule has 1 aliphatic carbocycles. The van der Waals surface area contributed by atoms with Gasteiger partial charge in [-0.15, -0.1) is 0 Å². The smallest absolute Gasteiger partial charge is 0.0772 e. The maximum Gasteiger partial charge on any atom is 0.0772 e. The zero-order chi connectivity index (χ0) is 15.1. The highest BCUT2D eigenvalue weighted by molar-refractivity contribution is 6.26. The van der Waals surface area contributed by atoms with E-state index in [0.29, 0.717) is 5.71 Å². The SMILES string of the molecule is N=C1C=CC=CC1=c1cccc2c1=Cc1ccccc1N2O. The van der Waals surface area contributed by atoms with Gasteiger partial charge in [0.2, 0.25) is 0 Å². The minimum atomic E-state index is 0.479. The highest BCUT2D eigenvalue weighted by Crippen LogP contribution is 2.28. The van der Waals surface area contributed by atoms with Crippen LogP contribution in [0.5, 0.6) is 0 Å². The summed E-state index contributed by atoms with van der Waals surface area (Å²) in [4.78, 5) is 0. The summed E-state index contributed by atoms with van der Waals surface area (Å²) in [6.07, 6.45) is 9.58. The van der Waals surface area contributed by atoms with Crippen LogP contribution < -0.4 is 15.5 Å². The van der Waals surface area contributed by atoms with Crippen LogP contribution in [0.15, 0.2) is 66.8 Å². The third-order valence-electron chi connectivity index (χ3n) is 3.99. The fraction of sp³-hybridized carbons (Fsp3) is 0. The van der Waals surface area contributed by atoms with E-state index in [9.17, 15) is 5.21 Å². The Morgan fingerprint density at radius 3 is 2.50 bits per heavy atom. The van der Waals surface area contributed by atoms with Crippen LogP contribution in [0, 0.1) is 5.41 Å². The molecule has 0 fully saturated rings. The summed E-state index contributed by atoms with van der Waals surface area (Å²) in [5.74, 6) is 0. The van der Waals surface area contributed by atoms with Crippen molar-refractivity contribution in [2.45, 2.75) is 0 Å². The fourth-order valence-electron chi connectivity index (χ4n) is 2.93. The molecule has 0 saturated heterocycles. The maximum atomic E-state index is 10.5. The predicted octanol–water partition coefficient (Wildman–Crippen LogP) is 2.65. The van der Waals surface area contributed by atoms with Crippen molar-refractivity contribution in [3.05, 3.63) is 82.8 Å². The highest BCUT2D eigenvalue weighted by atomic mass is 16.5. The van der Waals surface area contributed by atoms with E-state index in [1.54, 1.807) is 6.08 Å². The van der Waals surface area contributed by atoms with Crippen LogP contribution in [-0.4, -0.2) is 10.9 Å². The second-order valence-electron chi connectivity index (χ2n) is 5.30. The van der Waals surface area contributed by atoms with Crippen molar-refractivity contribution in [2.24, 2.45) is 0 Å². The van der Waals surface area contributed by atoms with Crippen LogP contribution in [0.1, 0.15) is 5.56 Å². The highest BCUT2D eigenvalue weighted by Gasteiger charge is 2.17. The Morgan fingerprint density at radius 1 is 0.864 bits per heavy atom. The minimum Gasteiger partial charge on any atom is -0.300 e. The summed E-state index contributed by atoms with van der Waals surface area (Å²) in [5.41, 5.74) is 3.81. The van der Waals surface area contributed by atoms with E-state index >= 15 is 0 Å². The van der Waals surface area contributed by atoms with Gasteiger partial charge in [0.05, 0.1) is 17.1 Å². The average Bonchev–Trinajstić information content (AvgIpc) is 2.55. The Labute approximate surface area is 127 Å². The Balaban J connectivity index is 2.13. The summed E-state index contributed by atoms with van der Waals surface area (Å²) in [6.45, 7) is 0. The van der Waals surface area contributed by atoms with Crippen molar-refractivity contribution < 1.29 is 5.21 Å². The standard InChI is InChI=1S/C19H14N2O/c20-17-9-3-2-7-15(17)14-8-5-11-19-16(14)12-13-6-1-4-10-18(13)21(19)22/h1-12,20,22H. The van der Waals surface area contributed by atoms with Gasteiger partial charge in [-0.1, -0.05) is 48.6 Å². The van der Waals surface area contributed by atoms with Crippen LogP contribution in [0.2, 0.25) is 0 Å². The largest absolute Gasteiger partial charge is 0.300 e. The number of allylic oxidation sites excluding steroid dienone is 4. The van der Waals surface area contributed by atoms with Crippen molar-refractivity contribution in [1.29, 1.82) is 5.41 Å². The fourth-order valence-corrected chi connectivity index (χ4v) is 2.93. The molecule has 2 N–H and O–H groups in total. The summed E-state index contributed by atoms with van der Waals surface area (Å²) < 4.78 is 0. The Hall–Kier alpha value is -2.91. The molecule has 2 aliphatic rings. The molecule has 0 atom stereocenters. The van der Waals surface area contributed by atoms with E-state index in [-0.39, 0.29) is 0 Å². The van der Waals surface area contributed by atoms with Crippen molar-refractivity contribution in [2.75, 3.05) is 5.06 Å². The van der Waals surface area contributed by atoms with Gasteiger partial charge >= 0.3 is 0 Å². The second kappa shape index (κ2) is 4.83. The van der Waals surface area contributed by atoms with Crippen molar-refractivity contribution in [3.8, 4) is 0 Å². The molecule has 1 aliphatic heterocycles. The first-order valence-electron chi connectivity index (χ1n) is 7.12. The van der Waals surface area contributed by atoms with Crippen molar-refractivity contribution >= 4 is 28.7 Å². The number of hydrogen-bond donors (Lipinski definition) is 2. The lowest BCUT2D eigenvalue weighted by atomic mass is 9.98. The van der Waals surface area contributed by atoms with E-state index in [4.69, 9.17) is 5.41 Å². The monoisotopic (exact) mass is 286 g/mol. The number of rotatable bonds is 0. The Kier molecular flexibility index (Phi) is 2.81. The van der Waals surface area contributed by atoms with Gasteiger partial charge in [0.15, 0.2) is 0 Å². The number of nitrogens with one attached hydrogen (secondary N) is 1. The average molecular weight is 286 g/mol. The molecular weight excluding hydrogens is 272 g/mol. The second-order valence-corrected chi connectivity index (χ2v) is 5.30. The van der Waals surface area contributed by atoms with Gasteiger partial charge < -0.3 is 5.41 Å². The van der Waals surface area contributed by atoms with Gasteiger partial charge in [0.1, 0.15) is 0 Å². The van der Waals surface area contributed by atoms with Crippen molar-refractivity contribution in [1.82, 2.24) is 0 Å². The first-order chi connectivity index (χ1) is 10.8. The molecule has 0 saturated carbocycles. The quantitative estimate of drug-likeness (QED) is 0.782. The third-order valence-corrected chi connectivity index (χ3v) is 3.99. The topological polar surface area (TPSA) is 47.3 Å². The normalized spacial score (nSPS) is 17.9. The number of benzene rings is 2. The van der Waals surface area contributed by atoms with Crippen molar-refractivity contribution in [3.63, 3.8) is 0 Å². The lowest BCUT2D eigenvalue weighted by Crippen LogP contribution is -2.36. The number of hydrogen-bond acceptors (Lipinski definition) is 3. The molecular formula is C19H14N2O. The molecule has 3 nitrogen and oxygen atoms in total. The van der Waals surface area contributed by atoms with Crippen LogP contribution in [0.25, 0.3) is 11.6 Å². The maximum absolute atomic E-state index is 10.5. The van der Waals surface area contributed by atoms with E-state index < -0.39 is 0 Å². The molecule has 0 bridgehead atoms.